The summed E-state index contributed by atoms with van der Waals surface area (Å²) in [5.41, 5.74) is 4.87. The molecule has 4 rings (SSSR count). The van der Waals surface area contributed by atoms with Crippen molar-refractivity contribution < 1.29 is 0 Å². The molecule has 0 fully saturated rings. The summed E-state index contributed by atoms with van der Waals surface area (Å²) < 4.78 is 3.86. The number of aryl methyl sites for hydroxylation is 1. The maximum atomic E-state index is 4.77. The Morgan fingerprint density at radius 1 is 1.21 bits per heavy atom. The van der Waals surface area contributed by atoms with Crippen LogP contribution in [0.2, 0.25) is 0 Å². The van der Waals surface area contributed by atoms with E-state index in [1.54, 1.807) is 0 Å². The average molecular weight is 320 g/mol. The van der Waals surface area contributed by atoms with Crippen LogP contribution in [0.15, 0.2) is 42.7 Å². The molecule has 4 aromatic rings. The third kappa shape index (κ3) is 2.31. The van der Waals surface area contributed by atoms with E-state index in [0.29, 0.717) is 6.04 Å². The van der Waals surface area contributed by atoms with Crippen LogP contribution in [0.25, 0.3) is 28.2 Å². The molecule has 0 amide bonds. The lowest BCUT2D eigenvalue weighted by Crippen LogP contribution is -2.06. The number of aromatic amines is 1. The fourth-order valence-corrected chi connectivity index (χ4v) is 2.83. The monoisotopic (exact) mass is 320 g/mol. The summed E-state index contributed by atoms with van der Waals surface area (Å²) >= 11 is 0. The fourth-order valence-electron chi connectivity index (χ4n) is 2.83. The Bertz CT molecular complexity index is 976. The van der Waals surface area contributed by atoms with Gasteiger partial charge in [-0.25, -0.2) is 14.3 Å². The molecule has 3 aromatic heterocycles. The van der Waals surface area contributed by atoms with Gasteiger partial charge in [0, 0.05) is 6.20 Å². The van der Waals surface area contributed by atoms with E-state index >= 15 is 0 Å². The number of nitrogens with zero attached hydrogens (tertiary/aromatic N) is 5. The maximum Gasteiger partial charge on any atom is 0.177 e. The summed E-state index contributed by atoms with van der Waals surface area (Å²) in [7, 11) is 0. The highest BCUT2D eigenvalue weighted by Gasteiger charge is 2.17. The molecular formula is C18H20N6. The SMILES string of the molecule is CCC(C)n1nc(C)c2[nH]c(-c3cnn(-c4ccccc4)c3)nc21. The summed E-state index contributed by atoms with van der Waals surface area (Å²) in [6, 6.07) is 10.4. The van der Waals surface area contributed by atoms with Crippen molar-refractivity contribution in [2.45, 2.75) is 33.2 Å². The Morgan fingerprint density at radius 2 is 2.00 bits per heavy atom. The summed E-state index contributed by atoms with van der Waals surface area (Å²) in [5, 5.41) is 9.06. The first-order valence-electron chi connectivity index (χ1n) is 8.22. The van der Waals surface area contributed by atoms with Gasteiger partial charge in [0.2, 0.25) is 0 Å². The zero-order chi connectivity index (χ0) is 16.7. The molecule has 3 heterocycles. The van der Waals surface area contributed by atoms with E-state index in [2.05, 4.69) is 29.0 Å². The third-order valence-electron chi connectivity index (χ3n) is 4.41. The highest BCUT2D eigenvalue weighted by molar-refractivity contribution is 5.78. The molecule has 6 heteroatoms. The molecule has 6 nitrogen and oxygen atoms in total. The Balaban J connectivity index is 1.76. The smallest absolute Gasteiger partial charge is 0.177 e. The van der Waals surface area contributed by atoms with Crippen molar-refractivity contribution >= 4 is 11.2 Å². The largest absolute Gasteiger partial charge is 0.335 e. The van der Waals surface area contributed by atoms with Gasteiger partial charge in [-0.1, -0.05) is 25.1 Å². The van der Waals surface area contributed by atoms with Gasteiger partial charge in [-0.2, -0.15) is 10.2 Å². The molecule has 0 aliphatic carbocycles. The summed E-state index contributed by atoms with van der Waals surface area (Å²) in [4.78, 5) is 8.17. The van der Waals surface area contributed by atoms with E-state index in [0.717, 1.165) is 40.4 Å². The number of hydrogen-bond acceptors (Lipinski definition) is 3. The average Bonchev–Trinajstić information content (AvgIpc) is 3.31. The van der Waals surface area contributed by atoms with Crippen molar-refractivity contribution in [3.63, 3.8) is 0 Å². The highest BCUT2D eigenvalue weighted by Crippen LogP contribution is 2.25. The van der Waals surface area contributed by atoms with Crippen molar-refractivity contribution in [2.24, 2.45) is 0 Å². The molecule has 0 bridgehead atoms. The number of aromatic nitrogens is 6. The van der Waals surface area contributed by atoms with Crippen LogP contribution in [-0.4, -0.2) is 29.5 Å². The highest BCUT2D eigenvalue weighted by atomic mass is 15.3. The predicted octanol–water partition coefficient (Wildman–Crippen LogP) is 3.89. The first-order chi connectivity index (χ1) is 11.7. The second kappa shape index (κ2) is 5.63. The first kappa shape index (κ1) is 14.7. The molecule has 0 radical (unpaired) electrons. The number of benzene rings is 1. The Hall–Kier alpha value is -2.89. The van der Waals surface area contributed by atoms with Gasteiger partial charge < -0.3 is 4.98 Å². The van der Waals surface area contributed by atoms with E-state index in [1.807, 2.05) is 59.0 Å². The standard InChI is InChI=1S/C18H20N6/c1-4-12(2)24-18-16(13(3)22-24)20-17(21-18)14-10-19-23(11-14)15-8-6-5-7-9-15/h5-12H,4H2,1-3H3,(H,20,21). The van der Waals surface area contributed by atoms with Gasteiger partial charge in [0.15, 0.2) is 5.65 Å². The lowest BCUT2D eigenvalue weighted by molar-refractivity contribution is 0.487. The van der Waals surface area contributed by atoms with Gasteiger partial charge in [-0.15, -0.1) is 0 Å². The molecule has 1 aromatic carbocycles. The van der Waals surface area contributed by atoms with E-state index in [-0.39, 0.29) is 0 Å². The van der Waals surface area contributed by atoms with Crippen LogP contribution in [-0.2, 0) is 0 Å². The lowest BCUT2D eigenvalue weighted by Gasteiger charge is -2.08. The minimum absolute atomic E-state index is 0.324. The normalized spacial score (nSPS) is 12.8. The van der Waals surface area contributed by atoms with Gasteiger partial charge in [0.1, 0.15) is 11.3 Å². The molecular weight excluding hydrogens is 300 g/mol. The number of rotatable bonds is 4. The van der Waals surface area contributed by atoms with Crippen molar-refractivity contribution in [1.82, 2.24) is 29.5 Å². The number of H-pyrrole nitrogens is 1. The second-order valence-electron chi connectivity index (χ2n) is 6.08. The molecule has 0 spiro atoms. The van der Waals surface area contributed by atoms with Crippen LogP contribution in [0, 0.1) is 6.92 Å². The second-order valence-corrected chi connectivity index (χ2v) is 6.08. The summed E-state index contributed by atoms with van der Waals surface area (Å²) in [5.74, 6) is 0.824. The van der Waals surface area contributed by atoms with Gasteiger partial charge in [-0.05, 0) is 32.4 Å². The number of hydrogen-bond donors (Lipinski definition) is 1. The Kier molecular flexibility index (Phi) is 3.45. The molecule has 1 unspecified atom stereocenters. The Morgan fingerprint density at radius 3 is 2.75 bits per heavy atom. The van der Waals surface area contributed by atoms with E-state index in [4.69, 9.17) is 4.98 Å². The molecule has 0 saturated heterocycles. The van der Waals surface area contributed by atoms with Gasteiger partial charge in [0.05, 0.1) is 29.2 Å². The van der Waals surface area contributed by atoms with Crippen molar-refractivity contribution in [3.05, 3.63) is 48.4 Å². The van der Waals surface area contributed by atoms with Crippen LogP contribution in [0.4, 0.5) is 0 Å². The Labute approximate surface area is 140 Å². The predicted molar refractivity (Wildman–Crippen MR) is 94.2 cm³/mol. The zero-order valence-electron chi connectivity index (χ0n) is 14.1. The van der Waals surface area contributed by atoms with E-state index in [1.165, 1.54) is 0 Å². The number of para-hydroxylation sites is 1. The van der Waals surface area contributed by atoms with Crippen molar-refractivity contribution in [3.8, 4) is 17.1 Å². The van der Waals surface area contributed by atoms with Gasteiger partial charge in [-0.3, -0.25) is 0 Å². The van der Waals surface area contributed by atoms with Crippen LogP contribution in [0.1, 0.15) is 32.0 Å². The topological polar surface area (TPSA) is 64.3 Å². The molecule has 1 N–H and O–H groups in total. The fraction of sp³-hybridized carbons (Fsp3) is 0.278. The van der Waals surface area contributed by atoms with Crippen LogP contribution in [0.3, 0.4) is 0 Å². The van der Waals surface area contributed by atoms with E-state index < -0.39 is 0 Å². The number of fused-ring (bicyclic) bond motifs is 1. The molecule has 1 atom stereocenters. The molecule has 0 aliphatic rings. The lowest BCUT2D eigenvalue weighted by atomic mass is 10.3. The number of imidazole rings is 1. The summed E-state index contributed by atoms with van der Waals surface area (Å²) in [6.45, 7) is 6.33. The minimum atomic E-state index is 0.324. The minimum Gasteiger partial charge on any atom is -0.335 e. The quantitative estimate of drug-likeness (QED) is 0.620. The molecule has 0 saturated carbocycles. The van der Waals surface area contributed by atoms with Crippen LogP contribution >= 0.6 is 0 Å². The first-order valence-corrected chi connectivity index (χ1v) is 8.22. The third-order valence-corrected chi connectivity index (χ3v) is 4.41. The maximum absolute atomic E-state index is 4.77. The summed E-state index contributed by atoms with van der Waals surface area (Å²) in [6.07, 6.45) is 4.84. The number of nitrogens with one attached hydrogen (secondary N) is 1. The molecule has 122 valence electrons. The van der Waals surface area contributed by atoms with Crippen LogP contribution in [0.5, 0.6) is 0 Å². The van der Waals surface area contributed by atoms with E-state index in [9.17, 15) is 0 Å². The zero-order valence-corrected chi connectivity index (χ0v) is 14.1. The van der Waals surface area contributed by atoms with Gasteiger partial charge in [0.25, 0.3) is 0 Å². The molecule has 0 aliphatic heterocycles. The van der Waals surface area contributed by atoms with Crippen molar-refractivity contribution in [2.75, 3.05) is 0 Å². The van der Waals surface area contributed by atoms with Crippen molar-refractivity contribution in [1.29, 1.82) is 0 Å². The van der Waals surface area contributed by atoms with Crippen LogP contribution < -0.4 is 0 Å². The molecule has 24 heavy (non-hydrogen) atoms. The van der Waals surface area contributed by atoms with Gasteiger partial charge >= 0.3 is 0 Å².